The first kappa shape index (κ1) is 9.96. The van der Waals surface area contributed by atoms with Crippen LogP contribution in [0.15, 0.2) is 23.1 Å². The lowest BCUT2D eigenvalue weighted by molar-refractivity contribution is -0.121. The van der Waals surface area contributed by atoms with E-state index in [4.69, 9.17) is 0 Å². The number of carbonyl (C=O) groups excluding carboxylic acids is 1. The Morgan fingerprint density at radius 3 is 2.93 bits per heavy atom. The normalized spacial score (nSPS) is 21.3. The van der Waals surface area contributed by atoms with Gasteiger partial charge in [-0.2, -0.15) is 0 Å². The molecule has 0 unspecified atom stereocenters. The van der Waals surface area contributed by atoms with Gasteiger partial charge in [0.05, 0.1) is 6.04 Å². The fraction of sp³-hybridized carbons (Fsp3) is 0.455. The van der Waals surface area contributed by atoms with Crippen LogP contribution in [-0.2, 0) is 4.79 Å². The molecule has 4 nitrogen and oxygen atoms in total. The molecule has 1 aliphatic heterocycles. The molecule has 4 heteroatoms. The van der Waals surface area contributed by atoms with Crippen molar-refractivity contribution >= 4 is 6.41 Å². The lowest BCUT2D eigenvalue weighted by Gasteiger charge is -2.32. The molecule has 0 spiro atoms. The van der Waals surface area contributed by atoms with E-state index in [0.717, 1.165) is 37.8 Å². The van der Waals surface area contributed by atoms with Crippen molar-refractivity contribution < 1.29 is 4.79 Å². The van der Waals surface area contributed by atoms with Crippen LogP contribution in [0.1, 0.15) is 30.9 Å². The van der Waals surface area contributed by atoms with Crippen LogP contribution in [0.5, 0.6) is 0 Å². The summed E-state index contributed by atoms with van der Waals surface area (Å²) in [4.78, 5) is 26.2. The molecule has 2 rings (SSSR count). The Hall–Kier alpha value is -1.58. The van der Waals surface area contributed by atoms with Crippen LogP contribution in [0, 0.1) is 0 Å². The number of carbonyl (C=O) groups is 1. The summed E-state index contributed by atoms with van der Waals surface area (Å²) in [5, 5.41) is 0. The second-order valence-electron chi connectivity index (χ2n) is 3.84. The summed E-state index contributed by atoms with van der Waals surface area (Å²) in [6, 6.07) is 3.44. The number of amides is 1. The number of nitrogens with zero attached hydrogens (tertiary/aromatic N) is 1. The number of aromatic nitrogens is 1. The third kappa shape index (κ3) is 2.09. The molecule has 0 aliphatic carbocycles. The standard InChI is InChI=1S/C11H14N2O2/c14-8-13-6-2-1-3-10(13)9-4-5-11(15)12-7-9/h4-5,7-8,10H,1-3,6H2,(H,12,15)/t10-/m0/s1. The number of hydrogen-bond acceptors (Lipinski definition) is 2. The molecular weight excluding hydrogens is 192 g/mol. The summed E-state index contributed by atoms with van der Waals surface area (Å²) in [5.74, 6) is 0. The van der Waals surface area contributed by atoms with Gasteiger partial charge >= 0.3 is 0 Å². The number of aromatic amines is 1. The zero-order valence-corrected chi connectivity index (χ0v) is 8.48. The van der Waals surface area contributed by atoms with E-state index in [1.165, 1.54) is 6.07 Å². The third-order valence-electron chi connectivity index (χ3n) is 2.87. The predicted octanol–water partition coefficient (Wildman–Crippen LogP) is 1.06. The maximum Gasteiger partial charge on any atom is 0.247 e. The van der Waals surface area contributed by atoms with Gasteiger partial charge in [0.25, 0.3) is 0 Å². The van der Waals surface area contributed by atoms with Crippen LogP contribution >= 0.6 is 0 Å². The van der Waals surface area contributed by atoms with Crippen molar-refractivity contribution in [3.05, 3.63) is 34.2 Å². The van der Waals surface area contributed by atoms with Crippen LogP contribution in [0.4, 0.5) is 0 Å². The van der Waals surface area contributed by atoms with Crippen LogP contribution < -0.4 is 5.56 Å². The van der Waals surface area contributed by atoms with Crippen molar-refractivity contribution in [1.82, 2.24) is 9.88 Å². The fourth-order valence-electron chi connectivity index (χ4n) is 2.07. The van der Waals surface area contributed by atoms with E-state index in [2.05, 4.69) is 4.98 Å². The van der Waals surface area contributed by atoms with Crippen LogP contribution in [0.25, 0.3) is 0 Å². The van der Waals surface area contributed by atoms with E-state index in [1.54, 1.807) is 17.2 Å². The van der Waals surface area contributed by atoms with E-state index >= 15 is 0 Å². The molecule has 15 heavy (non-hydrogen) atoms. The first-order valence-electron chi connectivity index (χ1n) is 5.21. The Balaban J connectivity index is 2.23. The molecule has 0 aromatic carbocycles. The van der Waals surface area contributed by atoms with Gasteiger partial charge in [-0.1, -0.05) is 6.07 Å². The quantitative estimate of drug-likeness (QED) is 0.735. The largest absolute Gasteiger partial charge is 0.338 e. The maximum absolute atomic E-state index is 10.9. The van der Waals surface area contributed by atoms with Gasteiger partial charge in [-0.25, -0.2) is 0 Å². The number of hydrogen-bond donors (Lipinski definition) is 1. The van der Waals surface area contributed by atoms with Gasteiger partial charge in [0, 0.05) is 18.8 Å². The first-order valence-corrected chi connectivity index (χ1v) is 5.21. The smallest absolute Gasteiger partial charge is 0.247 e. The first-order chi connectivity index (χ1) is 7.31. The van der Waals surface area contributed by atoms with Gasteiger partial charge in [0.1, 0.15) is 0 Å². The highest BCUT2D eigenvalue weighted by Gasteiger charge is 2.22. The van der Waals surface area contributed by atoms with Crippen LogP contribution in [-0.4, -0.2) is 22.8 Å². The summed E-state index contributed by atoms with van der Waals surface area (Å²) in [6.07, 6.45) is 5.78. The zero-order valence-electron chi connectivity index (χ0n) is 8.48. The maximum atomic E-state index is 10.9. The van der Waals surface area contributed by atoms with Crippen molar-refractivity contribution in [2.24, 2.45) is 0 Å². The van der Waals surface area contributed by atoms with Crippen molar-refractivity contribution in [2.45, 2.75) is 25.3 Å². The molecule has 1 saturated heterocycles. The van der Waals surface area contributed by atoms with E-state index < -0.39 is 0 Å². The highest BCUT2D eigenvalue weighted by atomic mass is 16.1. The van der Waals surface area contributed by atoms with E-state index in [-0.39, 0.29) is 11.6 Å². The topological polar surface area (TPSA) is 53.2 Å². The number of nitrogens with one attached hydrogen (secondary N) is 1. The minimum absolute atomic E-state index is 0.104. The molecule has 0 bridgehead atoms. The lowest BCUT2D eigenvalue weighted by Crippen LogP contribution is -2.32. The highest BCUT2D eigenvalue weighted by molar-refractivity contribution is 5.49. The van der Waals surface area contributed by atoms with Crippen molar-refractivity contribution in [3.63, 3.8) is 0 Å². The van der Waals surface area contributed by atoms with Crippen LogP contribution in [0.2, 0.25) is 0 Å². The number of likely N-dealkylation sites (tertiary alicyclic amines) is 1. The van der Waals surface area contributed by atoms with Crippen molar-refractivity contribution in [3.8, 4) is 0 Å². The molecule has 1 aromatic heterocycles. The van der Waals surface area contributed by atoms with Gasteiger partial charge < -0.3 is 9.88 Å². The monoisotopic (exact) mass is 206 g/mol. The second-order valence-corrected chi connectivity index (χ2v) is 3.84. The van der Waals surface area contributed by atoms with Gasteiger partial charge in [-0.15, -0.1) is 0 Å². The summed E-state index contributed by atoms with van der Waals surface area (Å²) in [7, 11) is 0. The molecule has 1 amide bonds. The summed E-state index contributed by atoms with van der Waals surface area (Å²) in [5.41, 5.74) is 0.911. The third-order valence-corrected chi connectivity index (χ3v) is 2.87. The Kier molecular flexibility index (Phi) is 2.85. The molecule has 1 N–H and O–H groups in total. The molecule has 1 aromatic rings. The summed E-state index contributed by atoms with van der Waals surface area (Å²) >= 11 is 0. The highest BCUT2D eigenvalue weighted by Crippen LogP contribution is 2.28. The lowest BCUT2D eigenvalue weighted by atomic mass is 9.97. The van der Waals surface area contributed by atoms with Gasteiger partial charge in [-0.05, 0) is 24.8 Å². The summed E-state index contributed by atoms with van der Waals surface area (Å²) in [6.45, 7) is 0.813. The Labute approximate surface area is 87.9 Å². The number of H-pyrrole nitrogens is 1. The second kappa shape index (κ2) is 4.29. The number of rotatable bonds is 2. The number of piperidine rings is 1. The molecule has 1 atom stereocenters. The average Bonchev–Trinajstić information content (AvgIpc) is 2.30. The molecular formula is C11H14N2O2. The van der Waals surface area contributed by atoms with Crippen molar-refractivity contribution in [1.29, 1.82) is 0 Å². The molecule has 0 radical (unpaired) electrons. The van der Waals surface area contributed by atoms with Gasteiger partial charge in [-0.3, -0.25) is 9.59 Å². The summed E-state index contributed by atoms with van der Waals surface area (Å²) < 4.78 is 0. The zero-order chi connectivity index (χ0) is 10.7. The minimum atomic E-state index is -0.104. The number of pyridine rings is 1. The molecule has 2 heterocycles. The minimum Gasteiger partial charge on any atom is -0.338 e. The Morgan fingerprint density at radius 2 is 2.27 bits per heavy atom. The predicted molar refractivity (Wildman–Crippen MR) is 56.4 cm³/mol. The van der Waals surface area contributed by atoms with E-state index in [0.29, 0.717) is 0 Å². The van der Waals surface area contributed by atoms with Gasteiger partial charge in [0.15, 0.2) is 0 Å². The Morgan fingerprint density at radius 1 is 1.40 bits per heavy atom. The fourth-order valence-corrected chi connectivity index (χ4v) is 2.07. The van der Waals surface area contributed by atoms with E-state index in [9.17, 15) is 9.59 Å². The molecule has 0 saturated carbocycles. The van der Waals surface area contributed by atoms with Crippen molar-refractivity contribution in [2.75, 3.05) is 6.54 Å². The SMILES string of the molecule is O=CN1CCCC[C@H]1c1ccc(=O)[nH]c1. The van der Waals surface area contributed by atoms with E-state index in [1.807, 2.05) is 0 Å². The molecule has 1 fully saturated rings. The van der Waals surface area contributed by atoms with Crippen LogP contribution in [0.3, 0.4) is 0 Å². The Bertz CT molecular complexity index is 379. The molecule has 80 valence electrons. The average molecular weight is 206 g/mol. The molecule has 1 aliphatic rings. The van der Waals surface area contributed by atoms with Gasteiger partial charge in [0.2, 0.25) is 12.0 Å².